The van der Waals surface area contributed by atoms with Gasteiger partial charge < -0.3 is 20.1 Å². The molecule has 0 unspecified atom stereocenters. The van der Waals surface area contributed by atoms with Crippen molar-refractivity contribution in [3.05, 3.63) is 76.9 Å². The van der Waals surface area contributed by atoms with Crippen molar-refractivity contribution in [3.8, 4) is 5.75 Å². The lowest BCUT2D eigenvalue weighted by Gasteiger charge is -2.26. The smallest absolute Gasteiger partial charge is 0.251 e. The first kappa shape index (κ1) is 24.6. The summed E-state index contributed by atoms with van der Waals surface area (Å²) in [6, 6.07) is 11.2. The Bertz CT molecular complexity index is 1130. The van der Waals surface area contributed by atoms with E-state index in [1.165, 1.54) is 25.8 Å². The average molecular weight is 480 g/mol. The number of morpholine rings is 1. The highest BCUT2D eigenvalue weighted by atomic mass is 19.1. The van der Waals surface area contributed by atoms with Crippen LogP contribution in [0.4, 0.5) is 16.0 Å². The molecule has 9 heteroatoms. The molecule has 2 N–H and O–H groups in total. The van der Waals surface area contributed by atoms with Gasteiger partial charge in [0.1, 0.15) is 0 Å². The van der Waals surface area contributed by atoms with Gasteiger partial charge in [0.25, 0.3) is 5.91 Å². The van der Waals surface area contributed by atoms with Crippen molar-refractivity contribution in [2.75, 3.05) is 45.8 Å². The number of aromatic nitrogens is 2. The van der Waals surface area contributed by atoms with Gasteiger partial charge in [-0.25, -0.2) is 14.4 Å². The predicted molar refractivity (Wildman–Crippen MR) is 132 cm³/mol. The van der Waals surface area contributed by atoms with Crippen molar-refractivity contribution in [1.82, 2.24) is 20.2 Å². The Balaban J connectivity index is 1.34. The van der Waals surface area contributed by atoms with Gasteiger partial charge in [0, 0.05) is 50.3 Å². The van der Waals surface area contributed by atoms with Crippen molar-refractivity contribution < 1.29 is 18.7 Å². The normalized spacial score (nSPS) is 13.9. The summed E-state index contributed by atoms with van der Waals surface area (Å²) < 4.78 is 25.2. The Labute approximate surface area is 204 Å². The Morgan fingerprint density at radius 3 is 2.46 bits per heavy atom. The van der Waals surface area contributed by atoms with E-state index in [-0.39, 0.29) is 11.7 Å². The van der Waals surface area contributed by atoms with E-state index in [1.807, 2.05) is 12.1 Å². The number of amides is 1. The summed E-state index contributed by atoms with van der Waals surface area (Å²) in [7, 11) is 2.91. The van der Waals surface area contributed by atoms with Crippen LogP contribution in [-0.2, 0) is 24.1 Å². The standard InChI is InChI=1S/C26H30FN5O3/c1-28-25(33)21-13-20(24(27)23(14-21)34-2)6-3-19-15-29-26(30-16-19)31-22-7-4-18(5-8-22)17-32-9-11-35-12-10-32/h4-5,7-8,13-16H,3,6,9-12,17H2,1-2H3,(H,28,33)(H,29,30,31). The zero-order chi connectivity index (χ0) is 24.6. The lowest BCUT2D eigenvalue weighted by Crippen LogP contribution is -2.35. The van der Waals surface area contributed by atoms with E-state index in [1.54, 1.807) is 18.5 Å². The van der Waals surface area contributed by atoms with Gasteiger partial charge in [-0.15, -0.1) is 0 Å². The van der Waals surface area contributed by atoms with E-state index in [4.69, 9.17) is 9.47 Å². The summed E-state index contributed by atoms with van der Waals surface area (Å²) in [5, 5.41) is 5.76. The second-order valence-corrected chi connectivity index (χ2v) is 8.36. The highest BCUT2D eigenvalue weighted by Crippen LogP contribution is 2.24. The van der Waals surface area contributed by atoms with Gasteiger partial charge >= 0.3 is 0 Å². The first-order chi connectivity index (χ1) is 17.1. The van der Waals surface area contributed by atoms with Crippen LogP contribution in [0.3, 0.4) is 0 Å². The molecule has 0 radical (unpaired) electrons. The molecule has 0 aliphatic carbocycles. The molecule has 2 heterocycles. The number of anilines is 2. The summed E-state index contributed by atoms with van der Waals surface area (Å²) in [6.45, 7) is 4.41. The maximum Gasteiger partial charge on any atom is 0.251 e. The molecule has 184 valence electrons. The summed E-state index contributed by atoms with van der Waals surface area (Å²) in [6.07, 6.45) is 4.35. The van der Waals surface area contributed by atoms with Crippen molar-refractivity contribution in [2.24, 2.45) is 0 Å². The quantitative estimate of drug-likeness (QED) is 0.487. The van der Waals surface area contributed by atoms with Gasteiger partial charge in [-0.2, -0.15) is 0 Å². The van der Waals surface area contributed by atoms with Crippen molar-refractivity contribution in [3.63, 3.8) is 0 Å². The van der Waals surface area contributed by atoms with Crippen molar-refractivity contribution >= 4 is 17.5 Å². The minimum atomic E-state index is -0.462. The first-order valence-corrected chi connectivity index (χ1v) is 11.6. The maximum absolute atomic E-state index is 14.7. The van der Waals surface area contributed by atoms with Gasteiger partial charge in [-0.05, 0) is 53.8 Å². The fourth-order valence-corrected chi connectivity index (χ4v) is 3.93. The van der Waals surface area contributed by atoms with Crippen LogP contribution in [0.5, 0.6) is 5.75 Å². The first-order valence-electron chi connectivity index (χ1n) is 11.6. The van der Waals surface area contributed by atoms with Crippen LogP contribution >= 0.6 is 0 Å². The molecule has 1 aromatic heterocycles. The lowest BCUT2D eigenvalue weighted by molar-refractivity contribution is 0.0342. The molecule has 1 saturated heterocycles. The number of ether oxygens (including phenoxy) is 2. The molecule has 1 amide bonds. The number of aryl methyl sites for hydroxylation is 2. The Morgan fingerprint density at radius 1 is 1.09 bits per heavy atom. The topological polar surface area (TPSA) is 88.6 Å². The number of methoxy groups -OCH3 is 1. The Hall–Kier alpha value is -3.56. The molecular formula is C26H30FN5O3. The monoisotopic (exact) mass is 479 g/mol. The third-order valence-electron chi connectivity index (χ3n) is 5.93. The highest BCUT2D eigenvalue weighted by Gasteiger charge is 2.15. The Morgan fingerprint density at radius 2 is 1.80 bits per heavy atom. The zero-order valence-electron chi connectivity index (χ0n) is 20.0. The number of nitrogens with zero attached hydrogens (tertiary/aromatic N) is 3. The van der Waals surface area contributed by atoms with Gasteiger partial charge in [0.05, 0.1) is 20.3 Å². The minimum Gasteiger partial charge on any atom is -0.494 e. The SMILES string of the molecule is CNC(=O)c1cc(CCc2cnc(Nc3ccc(CN4CCOCC4)cc3)nc2)c(F)c(OC)c1. The number of carbonyl (C=O) groups excluding carboxylic acids is 1. The molecule has 1 aliphatic rings. The zero-order valence-corrected chi connectivity index (χ0v) is 20.0. The molecular weight excluding hydrogens is 449 g/mol. The van der Waals surface area contributed by atoms with E-state index in [0.717, 1.165) is 44.1 Å². The minimum absolute atomic E-state index is 0.0489. The number of carbonyl (C=O) groups is 1. The summed E-state index contributed by atoms with van der Waals surface area (Å²) >= 11 is 0. The lowest BCUT2D eigenvalue weighted by atomic mass is 10.0. The molecule has 1 fully saturated rings. The fourth-order valence-electron chi connectivity index (χ4n) is 3.93. The molecule has 8 nitrogen and oxygen atoms in total. The number of halogens is 1. The molecule has 2 aromatic carbocycles. The highest BCUT2D eigenvalue weighted by molar-refractivity contribution is 5.94. The van der Waals surface area contributed by atoms with E-state index < -0.39 is 5.82 Å². The molecule has 1 aliphatic heterocycles. The van der Waals surface area contributed by atoms with Gasteiger partial charge in [-0.3, -0.25) is 9.69 Å². The molecule has 4 rings (SSSR count). The summed E-state index contributed by atoms with van der Waals surface area (Å²) in [4.78, 5) is 23.2. The molecule has 0 spiro atoms. The third-order valence-corrected chi connectivity index (χ3v) is 5.93. The summed E-state index contributed by atoms with van der Waals surface area (Å²) in [5.74, 6) is -0.217. The number of hydrogen-bond acceptors (Lipinski definition) is 7. The molecule has 35 heavy (non-hydrogen) atoms. The molecule has 0 bridgehead atoms. The van der Waals surface area contributed by atoms with Crippen LogP contribution in [0.1, 0.15) is 27.0 Å². The van der Waals surface area contributed by atoms with Crippen LogP contribution in [0.25, 0.3) is 0 Å². The number of hydrogen-bond donors (Lipinski definition) is 2. The van der Waals surface area contributed by atoms with Crippen molar-refractivity contribution in [2.45, 2.75) is 19.4 Å². The third kappa shape index (κ3) is 6.52. The Kier molecular flexibility index (Phi) is 8.23. The van der Waals surface area contributed by atoms with Crippen LogP contribution in [-0.4, -0.2) is 61.2 Å². The molecule has 3 aromatic rings. The van der Waals surface area contributed by atoms with Crippen LogP contribution in [0, 0.1) is 5.82 Å². The largest absolute Gasteiger partial charge is 0.494 e. The van der Waals surface area contributed by atoms with E-state index in [2.05, 4.69) is 37.6 Å². The van der Waals surface area contributed by atoms with Crippen molar-refractivity contribution in [1.29, 1.82) is 0 Å². The van der Waals surface area contributed by atoms with E-state index in [9.17, 15) is 9.18 Å². The average Bonchev–Trinajstić information content (AvgIpc) is 2.90. The molecule has 0 atom stereocenters. The second-order valence-electron chi connectivity index (χ2n) is 8.36. The number of rotatable bonds is 9. The second kappa shape index (κ2) is 11.7. The number of benzene rings is 2. The van der Waals surface area contributed by atoms with Gasteiger partial charge in [-0.1, -0.05) is 12.1 Å². The van der Waals surface area contributed by atoms with E-state index in [0.29, 0.717) is 29.9 Å². The maximum atomic E-state index is 14.7. The van der Waals surface area contributed by atoms with Crippen LogP contribution in [0.2, 0.25) is 0 Å². The number of nitrogens with one attached hydrogen (secondary N) is 2. The summed E-state index contributed by atoms with van der Waals surface area (Å²) in [5.41, 5.74) is 3.77. The van der Waals surface area contributed by atoms with Crippen LogP contribution < -0.4 is 15.4 Å². The fraction of sp³-hybridized carbons (Fsp3) is 0.346. The van der Waals surface area contributed by atoms with Gasteiger partial charge in [0.15, 0.2) is 11.6 Å². The van der Waals surface area contributed by atoms with Gasteiger partial charge in [0.2, 0.25) is 5.95 Å². The van der Waals surface area contributed by atoms with E-state index >= 15 is 0 Å². The molecule has 0 saturated carbocycles. The van der Waals surface area contributed by atoms with Crippen LogP contribution in [0.15, 0.2) is 48.8 Å². The predicted octanol–water partition coefficient (Wildman–Crippen LogP) is 3.34.